The number of aromatic nitrogens is 2. The molecule has 0 saturated carbocycles. The molecule has 0 aliphatic rings. The second kappa shape index (κ2) is 8.65. The largest absolute Gasteiger partial charge is 0.450 e. The standard InChI is InChI=1S/C15H18N4O3S2/c1-4-22-14(21)17-13-18-19-15(24-13)23-8-12(20)16-11-6-5-9(2)10(3)7-11/h5-7H,4,8H2,1-3H3,(H,16,20)(H,17,18,21). The van der Waals surface area contributed by atoms with Gasteiger partial charge in [0.15, 0.2) is 4.34 Å². The van der Waals surface area contributed by atoms with Gasteiger partial charge in [0.1, 0.15) is 0 Å². The summed E-state index contributed by atoms with van der Waals surface area (Å²) in [4.78, 5) is 23.3. The summed E-state index contributed by atoms with van der Waals surface area (Å²) in [5.74, 6) is 0.0828. The number of aryl methyl sites for hydroxylation is 2. The van der Waals surface area contributed by atoms with E-state index in [1.807, 2.05) is 32.0 Å². The molecule has 0 radical (unpaired) electrons. The number of hydrogen-bond acceptors (Lipinski definition) is 7. The number of benzene rings is 1. The first kappa shape index (κ1) is 18.2. The van der Waals surface area contributed by atoms with Crippen molar-refractivity contribution in [3.8, 4) is 0 Å². The van der Waals surface area contributed by atoms with Gasteiger partial charge < -0.3 is 10.1 Å². The molecule has 0 unspecified atom stereocenters. The summed E-state index contributed by atoms with van der Waals surface area (Å²) in [6.07, 6.45) is -0.572. The average molecular weight is 366 g/mol. The van der Waals surface area contributed by atoms with Crippen LogP contribution in [0.4, 0.5) is 15.6 Å². The molecule has 7 nitrogen and oxygen atoms in total. The Bertz CT molecular complexity index is 733. The van der Waals surface area contributed by atoms with Crippen LogP contribution in [0.1, 0.15) is 18.1 Å². The van der Waals surface area contributed by atoms with Gasteiger partial charge >= 0.3 is 6.09 Å². The van der Waals surface area contributed by atoms with Crippen LogP contribution in [-0.4, -0.2) is 34.6 Å². The summed E-state index contributed by atoms with van der Waals surface area (Å²) in [7, 11) is 0. The Morgan fingerprint density at radius 2 is 2.00 bits per heavy atom. The van der Waals surface area contributed by atoms with Gasteiger partial charge in [-0.25, -0.2) is 4.79 Å². The highest BCUT2D eigenvalue weighted by atomic mass is 32.2. The van der Waals surface area contributed by atoms with Crippen LogP contribution in [0.5, 0.6) is 0 Å². The molecule has 128 valence electrons. The number of nitrogens with one attached hydrogen (secondary N) is 2. The number of anilines is 2. The van der Waals surface area contributed by atoms with Crippen molar-refractivity contribution in [1.82, 2.24) is 10.2 Å². The number of hydrogen-bond donors (Lipinski definition) is 2. The lowest BCUT2D eigenvalue weighted by molar-refractivity contribution is -0.113. The third-order valence-electron chi connectivity index (χ3n) is 3.01. The lowest BCUT2D eigenvalue weighted by atomic mass is 10.1. The normalized spacial score (nSPS) is 10.3. The predicted molar refractivity (Wildman–Crippen MR) is 95.8 cm³/mol. The van der Waals surface area contributed by atoms with E-state index in [2.05, 4.69) is 20.8 Å². The number of rotatable bonds is 6. The Labute approximate surface area is 148 Å². The number of nitrogens with zero attached hydrogens (tertiary/aromatic N) is 2. The maximum atomic E-state index is 12.0. The van der Waals surface area contributed by atoms with Gasteiger partial charge in [0.05, 0.1) is 12.4 Å². The van der Waals surface area contributed by atoms with Gasteiger partial charge in [-0.3, -0.25) is 10.1 Å². The molecule has 24 heavy (non-hydrogen) atoms. The molecule has 0 aliphatic carbocycles. The molecular formula is C15H18N4O3S2. The molecule has 2 amide bonds. The lowest BCUT2D eigenvalue weighted by Crippen LogP contribution is -2.14. The summed E-state index contributed by atoms with van der Waals surface area (Å²) in [6, 6.07) is 5.78. The van der Waals surface area contributed by atoms with Gasteiger partial charge in [0.25, 0.3) is 0 Å². The van der Waals surface area contributed by atoms with E-state index in [-0.39, 0.29) is 18.3 Å². The molecule has 0 bridgehead atoms. The van der Waals surface area contributed by atoms with Crippen LogP contribution >= 0.6 is 23.1 Å². The van der Waals surface area contributed by atoms with Crippen molar-refractivity contribution < 1.29 is 14.3 Å². The van der Waals surface area contributed by atoms with Crippen LogP contribution in [0.15, 0.2) is 22.5 Å². The minimum absolute atomic E-state index is 0.127. The van der Waals surface area contributed by atoms with Gasteiger partial charge in [0, 0.05) is 5.69 Å². The summed E-state index contributed by atoms with van der Waals surface area (Å²) >= 11 is 2.45. The van der Waals surface area contributed by atoms with E-state index >= 15 is 0 Å². The highest BCUT2D eigenvalue weighted by Gasteiger charge is 2.11. The third-order valence-corrected chi connectivity index (χ3v) is 4.98. The molecule has 9 heteroatoms. The molecule has 1 heterocycles. The van der Waals surface area contributed by atoms with Crippen LogP contribution in [0.3, 0.4) is 0 Å². The molecule has 0 saturated heterocycles. The monoisotopic (exact) mass is 366 g/mol. The molecule has 2 rings (SSSR count). The first-order chi connectivity index (χ1) is 11.5. The fourth-order valence-corrected chi connectivity index (χ4v) is 3.25. The van der Waals surface area contributed by atoms with E-state index in [1.165, 1.54) is 28.7 Å². The van der Waals surface area contributed by atoms with Crippen molar-refractivity contribution in [2.75, 3.05) is 23.0 Å². The fourth-order valence-electron chi connectivity index (χ4n) is 1.72. The van der Waals surface area contributed by atoms with E-state index in [0.29, 0.717) is 9.47 Å². The molecule has 1 aromatic heterocycles. The number of carbonyl (C=O) groups excluding carboxylic acids is 2. The smallest absolute Gasteiger partial charge is 0.413 e. The van der Waals surface area contributed by atoms with Crippen molar-refractivity contribution in [3.05, 3.63) is 29.3 Å². The molecule has 0 fully saturated rings. The van der Waals surface area contributed by atoms with Crippen molar-refractivity contribution in [3.63, 3.8) is 0 Å². The zero-order valence-electron chi connectivity index (χ0n) is 13.6. The Morgan fingerprint density at radius 1 is 1.21 bits per heavy atom. The van der Waals surface area contributed by atoms with E-state index < -0.39 is 6.09 Å². The van der Waals surface area contributed by atoms with Crippen molar-refractivity contribution >= 4 is 45.9 Å². The average Bonchev–Trinajstić information content (AvgIpc) is 2.96. The Hall–Kier alpha value is -2.13. The first-order valence-electron chi connectivity index (χ1n) is 7.25. The van der Waals surface area contributed by atoms with E-state index in [0.717, 1.165) is 11.3 Å². The molecule has 2 N–H and O–H groups in total. The highest BCUT2D eigenvalue weighted by molar-refractivity contribution is 8.01. The van der Waals surface area contributed by atoms with Crippen LogP contribution in [0.2, 0.25) is 0 Å². The van der Waals surface area contributed by atoms with E-state index in [4.69, 9.17) is 4.74 Å². The maximum absolute atomic E-state index is 12.0. The van der Waals surface area contributed by atoms with Gasteiger partial charge in [-0.05, 0) is 44.0 Å². The summed E-state index contributed by atoms with van der Waals surface area (Å²) in [6.45, 7) is 6.02. The van der Waals surface area contributed by atoms with Gasteiger partial charge in [0.2, 0.25) is 11.0 Å². The SMILES string of the molecule is CCOC(=O)Nc1nnc(SCC(=O)Nc2ccc(C)c(C)c2)s1. The molecule has 1 aromatic carbocycles. The van der Waals surface area contributed by atoms with Crippen LogP contribution in [0, 0.1) is 13.8 Å². The summed E-state index contributed by atoms with van der Waals surface area (Å²) in [5, 5.41) is 13.4. The highest BCUT2D eigenvalue weighted by Crippen LogP contribution is 2.25. The summed E-state index contributed by atoms with van der Waals surface area (Å²) in [5.41, 5.74) is 3.07. The molecule has 0 atom stereocenters. The third kappa shape index (κ3) is 5.50. The van der Waals surface area contributed by atoms with E-state index in [1.54, 1.807) is 6.92 Å². The van der Waals surface area contributed by atoms with Crippen LogP contribution in [-0.2, 0) is 9.53 Å². The zero-order valence-corrected chi connectivity index (χ0v) is 15.2. The predicted octanol–water partition coefficient (Wildman–Crippen LogP) is 3.45. The zero-order chi connectivity index (χ0) is 17.5. The summed E-state index contributed by atoms with van der Waals surface area (Å²) < 4.78 is 5.35. The fraction of sp³-hybridized carbons (Fsp3) is 0.333. The number of ether oxygens (including phenoxy) is 1. The van der Waals surface area contributed by atoms with Gasteiger partial charge in [-0.2, -0.15) is 0 Å². The Balaban J connectivity index is 1.82. The minimum Gasteiger partial charge on any atom is -0.450 e. The molecule has 0 aliphatic heterocycles. The van der Waals surface area contributed by atoms with Crippen LogP contribution < -0.4 is 10.6 Å². The molecule has 0 spiro atoms. The number of carbonyl (C=O) groups is 2. The van der Waals surface area contributed by atoms with E-state index in [9.17, 15) is 9.59 Å². The quantitative estimate of drug-likeness (QED) is 0.601. The number of amides is 2. The second-order valence-corrected chi connectivity index (χ2v) is 7.05. The van der Waals surface area contributed by atoms with Crippen molar-refractivity contribution in [1.29, 1.82) is 0 Å². The lowest BCUT2D eigenvalue weighted by Gasteiger charge is -2.06. The molecule has 2 aromatic rings. The topological polar surface area (TPSA) is 93.2 Å². The van der Waals surface area contributed by atoms with Gasteiger partial charge in [-0.15, -0.1) is 10.2 Å². The van der Waals surface area contributed by atoms with Gasteiger partial charge in [-0.1, -0.05) is 29.2 Å². The molecular weight excluding hydrogens is 348 g/mol. The van der Waals surface area contributed by atoms with Crippen molar-refractivity contribution in [2.24, 2.45) is 0 Å². The maximum Gasteiger partial charge on any atom is 0.413 e. The minimum atomic E-state index is -0.572. The van der Waals surface area contributed by atoms with Crippen LogP contribution in [0.25, 0.3) is 0 Å². The Morgan fingerprint density at radius 3 is 2.71 bits per heavy atom. The Kier molecular flexibility index (Phi) is 6.56. The second-order valence-electron chi connectivity index (χ2n) is 4.85. The first-order valence-corrected chi connectivity index (χ1v) is 9.05. The van der Waals surface area contributed by atoms with Crippen molar-refractivity contribution in [2.45, 2.75) is 25.1 Å². The number of thioether (sulfide) groups is 1.